The van der Waals surface area contributed by atoms with Gasteiger partial charge in [0.2, 0.25) is 0 Å². The van der Waals surface area contributed by atoms with Crippen LogP contribution in [-0.4, -0.2) is 36.9 Å². The van der Waals surface area contributed by atoms with Gasteiger partial charge in [-0.15, -0.1) is 0 Å². The number of fused-ring (bicyclic) bond motifs is 1. The molecule has 0 atom stereocenters. The fourth-order valence-electron chi connectivity index (χ4n) is 2.92. The maximum atomic E-state index is 12.5. The lowest BCUT2D eigenvalue weighted by Gasteiger charge is -2.28. The summed E-state index contributed by atoms with van der Waals surface area (Å²) in [6.07, 6.45) is 1.61. The number of hydrogen-bond acceptors (Lipinski definition) is 4. The lowest BCUT2D eigenvalue weighted by molar-refractivity contribution is -0.134. The third kappa shape index (κ3) is 3.99. The number of rotatable bonds is 6. The first-order chi connectivity index (χ1) is 12.2. The standard InChI is InChI=1S/C20H21NO4/c1-2-24-19-11-15(13-22)7-8-18(19)25-14-20(23)21-10-9-16-5-3-4-6-17(16)12-21/h3-8,11,13H,2,9-10,12,14H2,1H3. The van der Waals surface area contributed by atoms with Crippen molar-refractivity contribution in [3.8, 4) is 11.5 Å². The van der Waals surface area contributed by atoms with Crippen LogP contribution in [0.3, 0.4) is 0 Å². The van der Waals surface area contributed by atoms with Gasteiger partial charge < -0.3 is 14.4 Å². The van der Waals surface area contributed by atoms with E-state index < -0.39 is 0 Å². The van der Waals surface area contributed by atoms with Crippen LogP contribution < -0.4 is 9.47 Å². The molecule has 3 rings (SSSR count). The number of carbonyl (C=O) groups excluding carboxylic acids is 2. The molecule has 0 N–H and O–H groups in total. The van der Waals surface area contributed by atoms with E-state index >= 15 is 0 Å². The molecule has 0 unspecified atom stereocenters. The average Bonchev–Trinajstić information content (AvgIpc) is 2.66. The Morgan fingerprint density at radius 3 is 2.68 bits per heavy atom. The Kier molecular flexibility index (Phi) is 5.33. The molecule has 25 heavy (non-hydrogen) atoms. The van der Waals surface area contributed by atoms with Crippen molar-refractivity contribution in [1.29, 1.82) is 0 Å². The number of amides is 1. The van der Waals surface area contributed by atoms with Crippen LogP contribution in [0.4, 0.5) is 0 Å². The Balaban J connectivity index is 1.64. The molecule has 5 heteroatoms. The third-order valence-electron chi connectivity index (χ3n) is 4.24. The van der Waals surface area contributed by atoms with Crippen molar-refractivity contribution in [3.05, 3.63) is 59.2 Å². The van der Waals surface area contributed by atoms with Crippen LogP contribution in [0.25, 0.3) is 0 Å². The minimum absolute atomic E-state index is 0.0529. The Morgan fingerprint density at radius 2 is 1.92 bits per heavy atom. The molecule has 0 aromatic heterocycles. The maximum absolute atomic E-state index is 12.5. The van der Waals surface area contributed by atoms with Crippen LogP contribution in [0.2, 0.25) is 0 Å². The van der Waals surface area contributed by atoms with Crippen molar-refractivity contribution in [2.24, 2.45) is 0 Å². The molecule has 0 aliphatic carbocycles. The zero-order valence-corrected chi connectivity index (χ0v) is 14.2. The van der Waals surface area contributed by atoms with Crippen molar-refractivity contribution < 1.29 is 19.1 Å². The highest BCUT2D eigenvalue weighted by Gasteiger charge is 2.21. The molecular weight excluding hydrogens is 318 g/mol. The Hall–Kier alpha value is -2.82. The second kappa shape index (κ2) is 7.83. The summed E-state index contributed by atoms with van der Waals surface area (Å²) in [5, 5.41) is 0. The van der Waals surface area contributed by atoms with E-state index in [0.717, 1.165) is 12.7 Å². The molecule has 2 aromatic carbocycles. The van der Waals surface area contributed by atoms with Crippen molar-refractivity contribution >= 4 is 12.2 Å². The van der Waals surface area contributed by atoms with E-state index in [-0.39, 0.29) is 12.5 Å². The first kappa shape index (κ1) is 17.0. The van der Waals surface area contributed by atoms with Gasteiger partial charge in [-0.1, -0.05) is 24.3 Å². The van der Waals surface area contributed by atoms with Crippen LogP contribution in [0.1, 0.15) is 28.4 Å². The topological polar surface area (TPSA) is 55.8 Å². The highest BCUT2D eigenvalue weighted by molar-refractivity contribution is 5.79. The zero-order valence-electron chi connectivity index (χ0n) is 14.2. The van der Waals surface area contributed by atoms with Gasteiger partial charge >= 0.3 is 0 Å². The van der Waals surface area contributed by atoms with E-state index in [0.29, 0.717) is 36.8 Å². The number of ether oxygens (including phenoxy) is 2. The summed E-state index contributed by atoms with van der Waals surface area (Å²) in [6, 6.07) is 13.1. The Morgan fingerprint density at radius 1 is 1.12 bits per heavy atom. The smallest absolute Gasteiger partial charge is 0.260 e. The molecule has 1 heterocycles. The Labute approximate surface area is 147 Å². The van der Waals surface area contributed by atoms with E-state index in [9.17, 15) is 9.59 Å². The lowest BCUT2D eigenvalue weighted by atomic mass is 10.00. The molecule has 0 radical (unpaired) electrons. The van der Waals surface area contributed by atoms with Gasteiger partial charge in [0, 0.05) is 18.7 Å². The third-order valence-corrected chi connectivity index (χ3v) is 4.24. The first-order valence-electron chi connectivity index (χ1n) is 8.40. The van der Waals surface area contributed by atoms with Crippen LogP contribution in [0.15, 0.2) is 42.5 Å². The largest absolute Gasteiger partial charge is 0.490 e. The van der Waals surface area contributed by atoms with Gasteiger partial charge in [-0.25, -0.2) is 0 Å². The molecule has 0 saturated heterocycles. The minimum Gasteiger partial charge on any atom is -0.490 e. The summed E-state index contributed by atoms with van der Waals surface area (Å²) in [5.74, 6) is 0.888. The maximum Gasteiger partial charge on any atom is 0.260 e. The second-order valence-electron chi connectivity index (χ2n) is 5.88. The fraction of sp³-hybridized carbons (Fsp3) is 0.300. The molecule has 0 fully saturated rings. The molecular formula is C20H21NO4. The van der Waals surface area contributed by atoms with Crippen molar-refractivity contribution in [3.63, 3.8) is 0 Å². The summed E-state index contributed by atoms with van der Waals surface area (Å²) in [6.45, 7) is 3.56. The van der Waals surface area contributed by atoms with Crippen molar-refractivity contribution in [2.75, 3.05) is 19.8 Å². The van der Waals surface area contributed by atoms with Gasteiger partial charge in [0.1, 0.15) is 6.29 Å². The molecule has 130 valence electrons. The van der Waals surface area contributed by atoms with Crippen LogP contribution in [-0.2, 0) is 17.8 Å². The number of nitrogens with zero attached hydrogens (tertiary/aromatic N) is 1. The number of benzene rings is 2. The van der Waals surface area contributed by atoms with E-state index in [4.69, 9.17) is 9.47 Å². The van der Waals surface area contributed by atoms with Gasteiger partial charge in [-0.05, 0) is 42.7 Å². The molecule has 5 nitrogen and oxygen atoms in total. The predicted octanol–water partition coefficient (Wildman–Crippen LogP) is 2.86. The van der Waals surface area contributed by atoms with Crippen LogP contribution >= 0.6 is 0 Å². The summed E-state index contributed by atoms with van der Waals surface area (Å²) < 4.78 is 11.2. The average molecular weight is 339 g/mol. The zero-order chi connectivity index (χ0) is 17.6. The minimum atomic E-state index is -0.0589. The summed E-state index contributed by atoms with van der Waals surface area (Å²) in [7, 11) is 0. The van der Waals surface area contributed by atoms with E-state index in [1.807, 2.05) is 24.0 Å². The number of aldehydes is 1. The van der Waals surface area contributed by atoms with Crippen LogP contribution in [0.5, 0.6) is 11.5 Å². The van der Waals surface area contributed by atoms with Gasteiger partial charge in [0.05, 0.1) is 6.61 Å². The molecule has 2 aromatic rings. The first-order valence-corrected chi connectivity index (χ1v) is 8.40. The van der Waals surface area contributed by atoms with Gasteiger partial charge in [0.15, 0.2) is 18.1 Å². The predicted molar refractivity (Wildman–Crippen MR) is 94.1 cm³/mol. The highest BCUT2D eigenvalue weighted by Crippen LogP contribution is 2.28. The van der Waals surface area contributed by atoms with Crippen molar-refractivity contribution in [1.82, 2.24) is 4.90 Å². The quantitative estimate of drug-likeness (QED) is 0.760. The van der Waals surface area contributed by atoms with Gasteiger partial charge in [-0.3, -0.25) is 9.59 Å². The number of carbonyl (C=O) groups is 2. The van der Waals surface area contributed by atoms with E-state index in [2.05, 4.69) is 12.1 Å². The Bertz CT molecular complexity index is 772. The van der Waals surface area contributed by atoms with E-state index in [1.165, 1.54) is 11.1 Å². The normalized spacial score (nSPS) is 13.1. The van der Waals surface area contributed by atoms with Crippen LogP contribution in [0, 0.1) is 0 Å². The summed E-state index contributed by atoms with van der Waals surface area (Å²) in [5.41, 5.74) is 3.00. The molecule has 1 aliphatic heterocycles. The highest BCUT2D eigenvalue weighted by atomic mass is 16.5. The summed E-state index contributed by atoms with van der Waals surface area (Å²) >= 11 is 0. The summed E-state index contributed by atoms with van der Waals surface area (Å²) in [4.78, 5) is 25.2. The molecule has 0 spiro atoms. The molecule has 1 aliphatic rings. The lowest BCUT2D eigenvalue weighted by Crippen LogP contribution is -2.38. The fourth-order valence-corrected chi connectivity index (χ4v) is 2.92. The van der Waals surface area contributed by atoms with Gasteiger partial charge in [-0.2, -0.15) is 0 Å². The van der Waals surface area contributed by atoms with Crippen molar-refractivity contribution in [2.45, 2.75) is 19.9 Å². The molecule has 0 bridgehead atoms. The SMILES string of the molecule is CCOc1cc(C=O)ccc1OCC(=O)N1CCc2ccccc2C1. The van der Waals surface area contributed by atoms with Gasteiger partial charge in [0.25, 0.3) is 5.91 Å². The number of hydrogen-bond donors (Lipinski definition) is 0. The monoisotopic (exact) mass is 339 g/mol. The van der Waals surface area contributed by atoms with E-state index in [1.54, 1.807) is 18.2 Å². The molecule has 0 saturated carbocycles. The molecule has 1 amide bonds. The second-order valence-corrected chi connectivity index (χ2v) is 5.88.